The summed E-state index contributed by atoms with van der Waals surface area (Å²) >= 11 is 0. The molecular formula is C27H23F7NO2+. The number of ether oxygens (including phenoxy) is 2. The van der Waals surface area contributed by atoms with Crippen LogP contribution in [-0.2, 0) is 28.4 Å². The van der Waals surface area contributed by atoms with Crippen molar-refractivity contribution in [3.8, 4) is 0 Å². The average molecular weight is 526 g/mol. The number of morpholine rings is 2. The third kappa shape index (κ3) is 5.23. The van der Waals surface area contributed by atoms with E-state index >= 15 is 0 Å². The first kappa shape index (κ1) is 25.7. The number of fused-ring (bicyclic) bond motifs is 2. The quantitative estimate of drug-likeness (QED) is 0.268. The van der Waals surface area contributed by atoms with Gasteiger partial charge in [0.25, 0.3) is 0 Å². The van der Waals surface area contributed by atoms with Crippen molar-refractivity contribution >= 4 is 0 Å². The first-order chi connectivity index (χ1) is 17.4. The molecule has 10 heteroatoms. The zero-order valence-corrected chi connectivity index (χ0v) is 19.4. The maximum absolute atomic E-state index is 13.7. The molecule has 2 aliphatic heterocycles. The maximum Gasteiger partial charge on any atom is 0.416 e. The molecule has 0 amide bonds. The summed E-state index contributed by atoms with van der Waals surface area (Å²) in [5.41, 5.74) is -1.35. The monoisotopic (exact) mass is 526 g/mol. The highest BCUT2D eigenvalue weighted by Gasteiger charge is 2.54. The van der Waals surface area contributed by atoms with Crippen molar-refractivity contribution < 1.29 is 44.7 Å². The zero-order chi connectivity index (χ0) is 26.4. The Morgan fingerprint density at radius 3 is 2.00 bits per heavy atom. The van der Waals surface area contributed by atoms with Crippen molar-refractivity contribution in [2.24, 2.45) is 0 Å². The molecule has 0 saturated carbocycles. The molecule has 2 saturated heterocycles. The number of alkyl halides is 6. The molecule has 0 aliphatic carbocycles. The second kappa shape index (κ2) is 9.41. The minimum absolute atomic E-state index is 0.107. The van der Waals surface area contributed by atoms with Crippen molar-refractivity contribution in [1.82, 2.24) is 0 Å². The predicted octanol–water partition coefficient (Wildman–Crippen LogP) is 7.05. The van der Waals surface area contributed by atoms with Gasteiger partial charge in [-0.05, 0) is 48.0 Å². The van der Waals surface area contributed by atoms with Crippen molar-refractivity contribution in [2.75, 3.05) is 19.7 Å². The number of nitrogens with zero attached hydrogens (tertiary/aromatic N) is 1. The van der Waals surface area contributed by atoms with E-state index in [1.165, 1.54) is 12.1 Å². The highest BCUT2D eigenvalue weighted by molar-refractivity contribution is 5.35. The Labute approximate surface area is 208 Å². The Kier molecular flexibility index (Phi) is 6.54. The van der Waals surface area contributed by atoms with E-state index in [-0.39, 0.29) is 29.3 Å². The van der Waals surface area contributed by atoms with Gasteiger partial charge in [0.05, 0.1) is 17.7 Å². The van der Waals surface area contributed by atoms with E-state index in [0.717, 1.165) is 5.56 Å². The lowest BCUT2D eigenvalue weighted by Gasteiger charge is -2.55. The van der Waals surface area contributed by atoms with Crippen LogP contribution in [0, 0.1) is 5.82 Å². The molecule has 3 aromatic rings. The van der Waals surface area contributed by atoms with E-state index in [2.05, 4.69) is 0 Å². The first-order valence-electron chi connectivity index (χ1n) is 11.7. The van der Waals surface area contributed by atoms with Gasteiger partial charge in [-0.3, -0.25) is 0 Å². The summed E-state index contributed by atoms with van der Waals surface area (Å²) < 4.78 is 107. The molecular weight excluding hydrogens is 503 g/mol. The van der Waals surface area contributed by atoms with E-state index in [9.17, 15) is 30.7 Å². The van der Waals surface area contributed by atoms with E-state index in [1.54, 1.807) is 12.1 Å². The second-order valence-corrected chi connectivity index (χ2v) is 9.47. The van der Waals surface area contributed by atoms with Gasteiger partial charge >= 0.3 is 12.4 Å². The molecule has 2 bridgehead atoms. The maximum atomic E-state index is 13.7. The van der Waals surface area contributed by atoms with E-state index in [1.807, 2.05) is 30.3 Å². The largest absolute Gasteiger partial charge is 0.416 e. The summed E-state index contributed by atoms with van der Waals surface area (Å²) in [7, 11) is 0. The number of hydrogen-bond donors (Lipinski definition) is 0. The molecule has 2 aliphatic rings. The predicted molar refractivity (Wildman–Crippen MR) is 119 cm³/mol. The van der Waals surface area contributed by atoms with Crippen LogP contribution < -0.4 is 0 Å². The number of hydrogen-bond acceptors (Lipinski definition) is 2. The van der Waals surface area contributed by atoms with Gasteiger partial charge in [-0.25, -0.2) is 4.39 Å². The molecule has 37 heavy (non-hydrogen) atoms. The number of halogens is 7. The lowest BCUT2D eigenvalue weighted by Crippen LogP contribution is -2.65. The van der Waals surface area contributed by atoms with Gasteiger partial charge in [-0.2, -0.15) is 26.3 Å². The topological polar surface area (TPSA) is 18.5 Å². The third-order valence-corrected chi connectivity index (χ3v) is 7.03. The Balaban J connectivity index is 1.60. The van der Waals surface area contributed by atoms with Crippen LogP contribution >= 0.6 is 0 Å². The van der Waals surface area contributed by atoms with E-state index < -0.39 is 47.7 Å². The normalized spacial score (nSPS) is 26.2. The molecule has 0 spiro atoms. The van der Waals surface area contributed by atoms with Gasteiger partial charge < -0.3 is 14.0 Å². The summed E-state index contributed by atoms with van der Waals surface area (Å²) in [4.78, 5) is 0. The highest BCUT2D eigenvalue weighted by Crippen LogP contribution is 2.48. The van der Waals surface area contributed by atoms with Crippen LogP contribution in [0.1, 0.15) is 40.0 Å². The van der Waals surface area contributed by atoms with Crippen molar-refractivity contribution in [3.05, 3.63) is 106 Å². The third-order valence-electron chi connectivity index (χ3n) is 7.03. The number of benzene rings is 3. The van der Waals surface area contributed by atoms with Crippen molar-refractivity contribution in [1.29, 1.82) is 0 Å². The van der Waals surface area contributed by atoms with Gasteiger partial charge in [-0.1, -0.05) is 30.3 Å². The van der Waals surface area contributed by atoms with E-state index in [4.69, 9.17) is 9.47 Å². The zero-order valence-electron chi connectivity index (χ0n) is 19.4. The minimum Gasteiger partial charge on any atom is -0.341 e. The van der Waals surface area contributed by atoms with Gasteiger partial charge in [0.2, 0.25) is 6.29 Å². The molecule has 2 heterocycles. The van der Waals surface area contributed by atoms with Gasteiger partial charge in [-0.15, -0.1) is 0 Å². The Morgan fingerprint density at radius 1 is 0.784 bits per heavy atom. The van der Waals surface area contributed by atoms with Gasteiger partial charge in [0.1, 0.15) is 31.6 Å². The summed E-state index contributed by atoms with van der Waals surface area (Å²) in [6.45, 7) is 1.28. The molecule has 4 atom stereocenters. The lowest BCUT2D eigenvalue weighted by atomic mass is 9.92. The standard InChI is InChI=1S/C27H23F7NO2/c28-22-8-6-18(7-9-22)24-25-36-11-10-35(24,15-17-4-2-1-3-5-17)16-23(37-25)19-12-20(26(29,30)31)14-21(13-19)27(32,33)34/h1-9,12-14,23-25H,10-11,15-16H2/q+1/t23?,24-,25+,35?/m0/s1. The van der Waals surface area contributed by atoms with Crippen molar-refractivity contribution in [3.63, 3.8) is 0 Å². The summed E-state index contributed by atoms with van der Waals surface area (Å²) in [6.07, 6.45) is -12.0. The number of quaternary nitrogens is 1. The van der Waals surface area contributed by atoms with Crippen LogP contribution in [-0.4, -0.2) is 30.5 Å². The fourth-order valence-electron chi connectivity index (χ4n) is 5.36. The Bertz CT molecular complexity index is 1210. The van der Waals surface area contributed by atoms with Crippen LogP contribution in [0.15, 0.2) is 72.8 Å². The van der Waals surface area contributed by atoms with Crippen LogP contribution in [0.4, 0.5) is 30.7 Å². The Morgan fingerprint density at radius 2 is 1.41 bits per heavy atom. The Hall–Kier alpha value is -2.95. The molecule has 3 nitrogen and oxygen atoms in total. The molecule has 0 aromatic heterocycles. The van der Waals surface area contributed by atoms with Crippen LogP contribution in [0.3, 0.4) is 0 Å². The van der Waals surface area contributed by atoms with Gasteiger partial charge in [0, 0.05) is 11.1 Å². The van der Waals surface area contributed by atoms with Gasteiger partial charge in [0.15, 0.2) is 6.04 Å². The summed E-state index contributed by atoms with van der Waals surface area (Å²) in [5.74, 6) is -0.433. The van der Waals surface area contributed by atoms with Crippen molar-refractivity contribution in [2.45, 2.75) is 37.3 Å². The summed E-state index contributed by atoms with van der Waals surface area (Å²) in [6, 6.07) is 16.3. The first-order valence-corrected chi connectivity index (χ1v) is 11.7. The highest BCUT2D eigenvalue weighted by atomic mass is 19.4. The SMILES string of the molecule is Fc1ccc([C@H]2[C@@H]3OCC[N+]2(Cc2ccccc2)CC(c2cc(C(F)(F)F)cc(C(F)(F)F)c2)O3)cc1. The summed E-state index contributed by atoms with van der Waals surface area (Å²) in [5, 5.41) is 0. The fourth-order valence-corrected chi connectivity index (χ4v) is 5.36. The minimum atomic E-state index is -4.97. The number of rotatable bonds is 4. The molecule has 2 unspecified atom stereocenters. The van der Waals surface area contributed by atoms with Crippen LogP contribution in [0.25, 0.3) is 0 Å². The molecule has 0 N–H and O–H groups in total. The molecule has 196 valence electrons. The average Bonchev–Trinajstić information content (AvgIpc) is 2.83. The smallest absolute Gasteiger partial charge is 0.341 e. The molecule has 3 aromatic carbocycles. The van der Waals surface area contributed by atoms with Crippen LogP contribution in [0.5, 0.6) is 0 Å². The molecule has 2 fully saturated rings. The molecule has 5 rings (SSSR count). The molecule has 0 radical (unpaired) electrons. The lowest BCUT2D eigenvalue weighted by molar-refractivity contribution is -0.997. The van der Waals surface area contributed by atoms with E-state index in [0.29, 0.717) is 30.8 Å². The second-order valence-electron chi connectivity index (χ2n) is 9.47. The van der Waals surface area contributed by atoms with Crippen LogP contribution in [0.2, 0.25) is 0 Å². The fraction of sp³-hybridized carbons (Fsp3) is 0.333.